The molecule has 5 heteroatoms. The molecule has 0 saturated carbocycles. The van der Waals surface area contributed by atoms with Crippen LogP contribution in [0.3, 0.4) is 0 Å². The zero-order valence-electron chi connectivity index (χ0n) is 14.5. The summed E-state index contributed by atoms with van der Waals surface area (Å²) in [6, 6.07) is 9.00. The first-order chi connectivity index (χ1) is 10.8. The Kier molecular flexibility index (Phi) is 4.45. The van der Waals surface area contributed by atoms with Crippen LogP contribution in [-0.2, 0) is 9.84 Å². The van der Waals surface area contributed by atoms with Gasteiger partial charge in [0.25, 0.3) is 0 Å². The molecule has 3 rings (SSSR count). The molecule has 2 aliphatic rings. The highest BCUT2D eigenvalue weighted by molar-refractivity contribution is 7.91. The number of hydrogen-bond acceptors (Lipinski definition) is 4. The van der Waals surface area contributed by atoms with Crippen LogP contribution >= 0.6 is 0 Å². The van der Waals surface area contributed by atoms with Gasteiger partial charge < -0.3 is 4.90 Å². The van der Waals surface area contributed by atoms with Crippen LogP contribution in [0.1, 0.15) is 45.2 Å². The average Bonchev–Trinajstić information content (AvgIpc) is 2.97. The molecule has 1 aromatic carbocycles. The van der Waals surface area contributed by atoms with E-state index < -0.39 is 9.84 Å². The quantitative estimate of drug-likeness (QED) is 0.833. The van der Waals surface area contributed by atoms with Crippen LogP contribution in [0.4, 0.5) is 5.69 Å². The number of nitrogens with zero attached hydrogens (tertiary/aromatic N) is 2. The average molecular weight is 337 g/mol. The van der Waals surface area contributed by atoms with Crippen LogP contribution in [0, 0.1) is 0 Å². The Morgan fingerprint density at radius 3 is 2.35 bits per heavy atom. The number of rotatable bonds is 2. The van der Waals surface area contributed by atoms with Crippen molar-refractivity contribution >= 4 is 15.5 Å². The fourth-order valence-corrected chi connectivity index (χ4v) is 5.10. The molecule has 0 N–H and O–H groups in total. The van der Waals surface area contributed by atoms with E-state index in [1.807, 2.05) is 0 Å². The molecule has 1 atom stereocenters. The Hall–Kier alpha value is -1.07. The lowest BCUT2D eigenvalue weighted by Crippen LogP contribution is -2.43. The van der Waals surface area contributed by atoms with Crippen molar-refractivity contribution in [1.29, 1.82) is 0 Å². The Morgan fingerprint density at radius 2 is 1.70 bits per heavy atom. The van der Waals surface area contributed by atoms with Crippen LogP contribution in [0.25, 0.3) is 0 Å². The molecule has 128 valence electrons. The normalized spacial score (nSPS) is 25.7. The number of sulfone groups is 1. The van der Waals surface area contributed by atoms with Gasteiger partial charge in [-0.1, -0.05) is 18.2 Å². The third-order valence-corrected chi connectivity index (χ3v) is 6.70. The molecule has 0 spiro atoms. The SMILES string of the molecule is CC(C)(C)N1CCC[C@@H]1c1ccccc1N1CCS(=O)(=O)CC1. The summed E-state index contributed by atoms with van der Waals surface area (Å²) < 4.78 is 23.4. The van der Waals surface area contributed by atoms with E-state index in [1.54, 1.807) is 0 Å². The monoisotopic (exact) mass is 336 g/mol. The smallest absolute Gasteiger partial charge is 0.153 e. The molecule has 0 radical (unpaired) electrons. The van der Waals surface area contributed by atoms with Crippen LogP contribution in [0.2, 0.25) is 0 Å². The second-order valence-corrected chi connectivity index (χ2v) is 10.0. The Labute approximate surface area is 140 Å². The number of benzene rings is 1. The maximum absolute atomic E-state index is 11.7. The van der Waals surface area contributed by atoms with E-state index in [4.69, 9.17) is 0 Å². The van der Waals surface area contributed by atoms with Gasteiger partial charge in [-0.05, 0) is 51.8 Å². The highest BCUT2D eigenvalue weighted by Gasteiger charge is 2.35. The lowest BCUT2D eigenvalue weighted by Gasteiger charge is -2.39. The van der Waals surface area contributed by atoms with Crippen LogP contribution < -0.4 is 4.90 Å². The summed E-state index contributed by atoms with van der Waals surface area (Å²) in [5.74, 6) is 0.546. The highest BCUT2D eigenvalue weighted by atomic mass is 32.2. The van der Waals surface area contributed by atoms with E-state index in [-0.39, 0.29) is 17.0 Å². The molecular formula is C18H28N2O2S. The van der Waals surface area contributed by atoms with Crippen molar-refractivity contribution in [1.82, 2.24) is 4.90 Å². The topological polar surface area (TPSA) is 40.6 Å². The van der Waals surface area contributed by atoms with E-state index in [2.05, 4.69) is 54.8 Å². The van der Waals surface area contributed by atoms with Gasteiger partial charge in [0.15, 0.2) is 9.84 Å². The second kappa shape index (κ2) is 6.10. The summed E-state index contributed by atoms with van der Waals surface area (Å²) in [4.78, 5) is 4.85. The highest BCUT2D eigenvalue weighted by Crippen LogP contribution is 2.41. The van der Waals surface area contributed by atoms with E-state index >= 15 is 0 Å². The fourth-order valence-electron chi connectivity index (χ4n) is 3.90. The third-order valence-electron chi connectivity index (χ3n) is 5.10. The minimum atomic E-state index is -2.84. The first-order valence-corrected chi connectivity index (χ1v) is 10.4. The van der Waals surface area contributed by atoms with E-state index in [1.165, 1.54) is 24.1 Å². The Morgan fingerprint density at radius 1 is 1.04 bits per heavy atom. The summed E-state index contributed by atoms with van der Waals surface area (Å²) in [7, 11) is -2.84. The molecule has 2 aliphatic heterocycles. The van der Waals surface area contributed by atoms with Crippen molar-refractivity contribution < 1.29 is 8.42 Å². The van der Waals surface area contributed by atoms with Gasteiger partial charge in [0.1, 0.15) is 0 Å². The molecule has 0 aliphatic carbocycles. The van der Waals surface area contributed by atoms with Crippen molar-refractivity contribution in [3.8, 4) is 0 Å². The molecule has 0 bridgehead atoms. The minimum Gasteiger partial charge on any atom is -0.369 e. The molecule has 2 saturated heterocycles. The molecule has 1 aromatic rings. The van der Waals surface area contributed by atoms with Crippen molar-refractivity contribution in [2.45, 2.75) is 45.2 Å². The van der Waals surface area contributed by atoms with Crippen LogP contribution in [0.5, 0.6) is 0 Å². The van der Waals surface area contributed by atoms with E-state index in [0.29, 0.717) is 19.1 Å². The second-order valence-electron chi connectivity index (χ2n) is 7.72. The van der Waals surface area contributed by atoms with Crippen molar-refractivity contribution in [2.75, 3.05) is 36.0 Å². The maximum Gasteiger partial charge on any atom is 0.153 e. The molecule has 4 nitrogen and oxygen atoms in total. The van der Waals surface area contributed by atoms with Crippen molar-refractivity contribution in [3.63, 3.8) is 0 Å². The number of para-hydroxylation sites is 1. The first-order valence-electron chi connectivity index (χ1n) is 8.59. The predicted octanol–water partition coefficient (Wildman–Crippen LogP) is 2.86. The molecule has 0 amide bonds. The van der Waals surface area contributed by atoms with Gasteiger partial charge in [0.2, 0.25) is 0 Å². The minimum absolute atomic E-state index is 0.152. The number of hydrogen-bond donors (Lipinski definition) is 0. The summed E-state index contributed by atoms with van der Waals surface area (Å²) in [6.07, 6.45) is 2.41. The predicted molar refractivity (Wildman–Crippen MR) is 95.7 cm³/mol. The van der Waals surface area contributed by atoms with E-state index in [9.17, 15) is 8.42 Å². The zero-order valence-corrected chi connectivity index (χ0v) is 15.3. The van der Waals surface area contributed by atoms with Gasteiger partial charge >= 0.3 is 0 Å². The van der Waals surface area contributed by atoms with Gasteiger partial charge in [0, 0.05) is 30.4 Å². The van der Waals surface area contributed by atoms with Crippen molar-refractivity contribution in [2.24, 2.45) is 0 Å². The van der Waals surface area contributed by atoms with Gasteiger partial charge in [0.05, 0.1) is 11.5 Å². The van der Waals surface area contributed by atoms with Gasteiger partial charge in [-0.15, -0.1) is 0 Å². The lowest BCUT2D eigenvalue weighted by molar-refractivity contribution is 0.122. The summed E-state index contributed by atoms with van der Waals surface area (Å²) in [5.41, 5.74) is 2.74. The number of anilines is 1. The van der Waals surface area contributed by atoms with Crippen LogP contribution in [0.15, 0.2) is 24.3 Å². The molecule has 2 fully saturated rings. The standard InChI is InChI=1S/C18H28N2O2S/c1-18(2,3)20-10-6-9-17(20)15-7-4-5-8-16(15)19-11-13-23(21,22)14-12-19/h4-5,7-8,17H,6,9-14H2,1-3H3/t17-/m1/s1. The Balaban J connectivity index is 1.89. The van der Waals surface area contributed by atoms with Gasteiger partial charge in [-0.3, -0.25) is 4.90 Å². The van der Waals surface area contributed by atoms with Gasteiger partial charge in [-0.2, -0.15) is 0 Å². The summed E-state index contributed by atoms with van der Waals surface area (Å²) >= 11 is 0. The van der Waals surface area contributed by atoms with Crippen LogP contribution in [-0.4, -0.2) is 50.0 Å². The van der Waals surface area contributed by atoms with Crippen molar-refractivity contribution in [3.05, 3.63) is 29.8 Å². The molecular weight excluding hydrogens is 308 g/mol. The third kappa shape index (κ3) is 3.56. The largest absolute Gasteiger partial charge is 0.369 e. The molecule has 0 aromatic heterocycles. The molecule has 0 unspecified atom stereocenters. The van der Waals surface area contributed by atoms with Gasteiger partial charge in [-0.25, -0.2) is 8.42 Å². The first kappa shape index (κ1) is 16.8. The summed E-state index contributed by atoms with van der Waals surface area (Å²) in [5, 5.41) is 0. The zero-order chi connectivity index (χ0) is 16.7. The Bertz CT molecular complexity index is 650. The molecule has 23 heavy (non-hydrogen) atoms. The lowest BCUT2D eigenvalue weighted by atomic mass is 9.97. The summed E-state index contributed by atoms with van der Waals surface area (Å²) in [6.45, 7) is 9.20. The number of likely N-dealkylation sites (tertiary alicyclic amines) is 1. The van der Waals surface area contributed by atoms with E-state index in [0.717, 1.165) is 6.54 Å². The molecule has 2 heterocycles. The maximum atomic E-state index is 11.7. The fraction of sp³-hybridized carbons (Fsp3) is 0.667.